The third-order valence-electron chi connectivity index (χ3n) is 2.62. The SMILES string of the molecule is CC(C)c1ccc(C(C)C)c(OC(C)(F)F)c1. The molecule has 0 atom stereocenters. The second kappa shape index (κ2) is 5.03. The molecule has 0 spiro atoms. The fourth-order valence-corrected chi connectivity index (χ4v) is 1.67. The summed E-state index contributed by atoms with van der Waals surface area (Å²) < 4.78 is 30.7. The Morgan fingerprint density at radius 3 is 2.06 bits per heavy atom. The van der Waals surface area contributed by atoms with E-state index in [4.69, 9.17) is 4.74 Å². The van der Waals surface area contributed by atoms with Gasteiger partial charge in [-0.3, -0.25) is 0 Å². The predicted molar refractivity (Wildman–Crippen MR) is 65.9 cm³/mol. The first kappa shape index (κ1) is 13.9. The molecule has 0 aliphatic rings. The molecular formula is C14H20F2O. The lowest BCUT2D eigenvalue weighted by atomic mass is 9.96. The second-order valence-corrected chi connectivity index (χ2v) is 5.02. The van der Waals surface area contributed by atoms with Gasteiger partial charge in [0, 0.05) is 6.92 Å². The maximum absolute atomic E-state index is 13.0. The molecule has 0 fully saturated rings. The zero-order valence-electron chi connectivity index (χ0n) is 11.1. The highest BCUT2D eigenvalue weighted by atomic mass is 19.3. The highest BCUT2D eigenvalue weighted by molar-refractivity contribution is 5.40. The molecule has 0 aromatic heterocycles. The van der Waals surface area contributed by atoms with Crippen molar-refractivity contribution < 1.29 is 13.5 Å². The van der Waals surface area contributed by atoms with Gasteiger partial charge in [0.15, 0.2) is 0 Å². The Labute approximate surface area is 102 Å². The molecule has 3 heteroatoms. The van der Waals surface area contributed by atoms with Crippen LogP contribution in [0.25, 0.3) is 0 Å². The monoisotopic (exact) mass is 242 g/mol. The molecule has 1 rings (SSSR count). The van der Waals surface area contributed by atoms with Crippen LogP contribution in [0.15, 0.2) is 18.2 Å². The summed E-state index contributed by atoms with van der Waals surface area (Å²) in [7, 11) is 0. The van der Waals surface area contributed by atoms with E-state index in [0.29, 0.717) is 11.7 Å². The maximum Gasteiger partial charge on any atom is 0.394 e. The molecule has 0 aliphatic carbocycles. The molecule has 0 heterocycles. The lowest BCUT2D eigenvalue weighted by molar-refractivity contribution is -0.159. The number of rotatable bonds is 4. The Bertz CT molecular complexity index is 378. The fourth-order valence-electron chi connectivity index (χ4n) is 1.67. The topological polar surface area (TPSA) is 9.23 Å². The summed E-state index contributed by atoms with van der Waals surface area (Å²) in [6.07, 6.45) is -3.14. The van der Waals surface area contributed by atoms with E-state index < -0.39 is 6.11 Å². The Morgan fingerprint density at radius 1 is 1.06 bits per heavy atom. The molecule has 0 saturated carbocycles. The van der Waals surface area contributed by atoms with Crippen LogP contribution in [0.2, 0.25) is 0 Å². The largest absolute Gasteiger partial charge is 0.432 e. The quantitative estimate of drug-likeness (QED) is 0.727. The molecule has 0 amide bonds. The molecular weight excluding hydrogens is 222 g/mol. The molecule has 1 aromatic rings. The third kappa shape index (κ3) is 3.99. The average Bonchev–Trinajstić information content (AvgIpc) is 2.14. The van der Waals surface area contributed by atoms with E-state index in [1.807, 2.05) is 39.8 Å². The average molecular weight is 242 g/mol. The Balaban J connectivity index is 3.16. The van der Waals surface area contributed by atoms with Gasteiger partial charge in [0.1, 0.15) is 5.75 Å². The second-order valence-electron chi connectivity index (χ2n) is 5.02. The number of hydrogen-bond donors (Lipinski definition) is 0. The zero-order valence-corrected chi connectivity index (χ0v) is 11.1. The molecule has 0 bridgehead atoms. The van der Waals surface area contributed by atoms with Crippen molar-refractivity contribution in [3.63, 3.8) is 0 Å². The lowest BCUT2D eigenvalue weighted by Gasteiger charge is -2.20. The van der Waals surface area contributed by atoms with E-state index in [-0.39, 0.29) is 5.92 Å². The van der Waals surface area contributed by atoms with Crippen molar-refractivity contribution in [1.29, 1.82) is 0 Å². The molecule has 0 radical (unpaired) electrons. The third-order valence-corrected chi connectivity index (χ3v) is 2.62. The van der Waals surface area contributed by atoms with Crippen molar-refractivity contribution in [2.45, 2.75) is 52.6 Å². The van der Waals surface area contributed by atoms with Crippen LogP contribution in [0.5, 0.6) is 5.75 Å². The van der Waals surface area contributed by atoms with E-state index in [9.17, 15) is 8.78 Å². The van der Waals surface area contributed by atoms with E-state index in [1.165, 1.54) is 0 Å². The van der Waals surface area contributed by atoms with Gasteiger partial charge in [-0.25, -0.2) is 0 Å². The predicted octanol–water partition coefficient (Wildman–Crippen LogP) is 4.92. The van der Waals surface area contributed by atoms with Gasteiger partial charge in [0.25, 0.3) is 0 Å². The van der Waals surface area contributed by atoms with Gasteiger partial charge in [0.2, 0.25) is 0 Å². The van der Waals surface area contributed by atoms with Crippen molar-refractivity contribution in [3.8, 4) is 5.75 Å². The van der Waals surface area contributed by atoms with Crippen LogP contribution in [0.1, 0.15) is 57.6 Å². The molecule has 0 N–H and O–H groups in total. The molecule has 0 aliphatic heterocycles. The van der Waals surface area contributed by atoms with Gasteiger partial charge in [0.05, 0.1) is 0 Å². The van der Waals surface area contributed by atoms with E-state index >= 15 is 0 Å². The summed E-state index contributed by atoms with van der Waals surface area (Å²) >= 11 is 0. The highest BCUT2D eigenvalue weighted by Gasteiger charge is 2.25. The number of alkyl halides is 2. The van der Waals surface area contributed by atoms with Gasteiger partial charge >= 0.3 is 6.11 Å². The number of halogens is 2. The van der Waals surface area contributed by atoms with E-state index in [2.05, 4.69) is 0 Å². The Morgan fingerprint density at radius 2 is 1.65 bits per heavy atom. The number of hydrogen-bond acceptors (Lipinski definition) is 1. The minimum absolute atomic E-state index is 0.161. The zero-order chi connectivity index (χ0) is 13.2. The maximum atomic E-state index is 13.0. The van der Waals surface area contributed by atoms with Crippen molar-refractivity contribution in [1.82, 2.24) is 0 Å². The summed E-state index contributed by atoms with van der Waals surface area (Å²) in [5.41, 5.74) is 1.82. The van der Waals surface area contributed by atoms with E-state index in [0.717, 1.165) is 18.1 Å². The molecule has 1 aromatic carbocycles. The van der Waals surface area contributed by atoms with Crippen molar-refractivity contribution in [2.75, 3.05) is 0 Å². The minimum Gasteiger partial charge on any atom is -0.432 e. The van der Waals surface area contributed by atoms with Crippen molar-refractivity contribution in [2.24, 2.45) is 0 Å². The van der Waals surface area contributed by atoms with Gasteiger partial charge < -0.3 is 4.74 Å². The smallest absolute Gasteiger partial charge is 0.394 e. The van der Waals surface area contributed by atoms with Crippen molar-refractivity contribution in [3.05, 3.63) is 29.3 Å². The molecule has 17 heavy (non-hydrogen) atoms. The summed E-state index contributed by atoms with van der Waals surface area (Å²) in [5, 5.41) is 0. The first-order valence-electron chi connectivity index (χ1n) is 5.91. The van der Waals surface area contributed by atoms with Crippen LogP contribution in [0.4, 0.5) is 8.78 Å². The molecule has 0 unspecified atom stereocenters. The van der Waals surface area contributed by atoms with Gasteiger partial charge in [-0.1, -0.05) is 39.8 Å². The highest BCUT2D eigenvalue weighted by Crippen LogP contribution is 2.33. The molecule has 0 saturated heterocycles. The van der Waals surface area contributed by atoms with Gasteiger partial charge in [-0.15, -0.1) is 0 Å². The summed E-state index contributed by atoms with van der Waals surface area (Å²) in [4.78, 5) is 0. The lowest BCUT2D eigenvalue weighted by Crippen LogP contribution is -2.20. The Hall–Kier alpha value is -1.12. The van der Waals surface area contributed by atoms with Crippen LogP contribution in [-0.2, 0) is 0 Å². The first-order valence-corrected chi connectivity index (χ1v) is 5.91. The van der Waals surface area contributed by atoms with Crippen LogP contribution in [0.3, 0.4) is 0 Å². The Kier molecular flexibility index (Phi) is 4.12. The van der Waals surface area contributed by atoms with Gasteiger partial charge in [-0.05, 0) is 29.0 Å². The summed E-state index contributed by atoms with van der Waals surface area (Å²) in [5.74, 6) is 0.747. The number of benzene rings is 1. The van der Waals surface area contributed by atoms with E-state index in [1.54, 1.807) is 6.07 Å². The molecule has 1 nitrogen and oxygen atoms in total. The number of ether oxygens (including phenoxy) is 1. The standard InChI is InChI=1S/C14H20F2O/c1-9(2)11-6-7-12(10(3)4)13(8-11)17-14(5,15)16/h6-10H,1-5H3. The fraction of sp³-hybridized carbons (Fsp3) is 0.571. The van der Waals surface area contributed by atoms with Crippen LogP contribution in [-0.4, -0.2) is 6.11 Å². The summed E-state index contributed by atoms with van der Waals surface area (Å²) in [6.45, 7) is 8.74. The summed E-state index contributed by atoms with van der Waals surface area (Å²) in [6, 6.07) is 5.57. The first-order chi connectivity index (χ1) is 7.70. The van der Waals surface area contributed by atoms with Crippen LogP contribution < -0.4 is 4.74 Å². The van der Waals surface area contributed by atoms with Gasteiger partial charge in [-0.2, -0.15) is 8.78 Å². The minimum atomic E-state index is -3.14. The normalized spacial score (nSPS) is 12.3. The van der Waals surface area contributed by atoms with Crippen molar-refractivity contribution >= 4 is 0 Å². The van der Waals surface area contributed by atoms with Crippen LogP contribution in [0, 0.1) is 0 Å². The molecule has 96 valence electrons. The van der Waals surface area contributed by atoms with Crippen LogP contribution >= 0.6 is 0 Å².